The summed E-state index contributed by atoms with van der Waals surface area (Å²) in [6.45, 7) is 5.51. The summed E-state index contributed by atoms with van der Waals surface area (Å²) >= 11 is 0. The third-order valence-electron chi connectivity index (χ3n) is 3.47. The predicted octanol–water partition coefficient (Wildman–Crippen LogP) is 1.88. The molecule has 2 atom stereocenters. The monoisotopic (exact) mass is 344 g/mol. The van der Waals surface area contributed by atoms with Gasteiger partial charge in [0.1, 0.15) is 11.7 Å². The van der Waals surface area contributed by atoms with Crippen molar-refractivity contribution in [2.24, 2.45) is 5.11 Å². The summed E-state index contributed by atoms with van der Waals surface area (Å²) in [4.78, 5) is 27.5. The molecule has 0 aromatic carbocycles. The van der Waals surface area contributed by atoms with Crippen molar-refractivity contribution in [3.63, 3.8) is 0 Å². The van der Waals surface area contributed by atoms with E-state index in [0.29, 0.717) is 0 Å². The molecule has 2 heterocycles. The highest BCUT2D eigenvalue weighted by atomic mass is 19.1. The number of rotatable bonds is 3. The number of cyclic esters (lactones) is 1. The van der Waals surface area contributed by atoms with Crippen LogP contribution >= 0.6 is 0 Å². The first kappa shape index (κ1) is 18.1. The summed E-state index contributed by atoms with van der Waals surface area (Å²) < 4.78 is 24.6. The molecule has 2 aliphatic rings. The van der Waals surface area contributed by atoms with Crippen LogP contribution in [0.5, 0.6) is 0 Å². The summed E-state index contributed by atoms with van der Waals surface area (Å²) in [5.74, 6) is 0. The van der Waals surface area contributed by atoms with E-state index in [2.05, 4.69) is 10.0 Å². The highest BCUT2D eigenvalue weighted by molar-refractivity contribution is 5.70. The number of piperazine rings is 1. The number of hydrogen-bond donors (Lipinski definition) is 0. The lowest BCUT2D eigenvalue weighted by Crippen LogP contribution is -2.59. The molecular weight excluding hydrogens is 323 g/mol. The van der Waals surface area contributed by atoms with E-state index < -0.39 is 30.2 Å². The Balaban J connectivity index is 1.92. The second-order valence-electron chi connectivity index (χ2n) is 6.52. The Morgan fingerprint density at radius 2 is 2.17 bits per heavy atom. The van der Waals surface area contributed by atoms with Gasteiger partial charge in [-0.1, -0.05) is 5.11 Å². The summed E-state index contributed by atoms with van der Waals surface area (Å²) in [6.07, 6.45) is -3.50. The van der Waals surface area contributed by atoms with Crippen LogP contribution in [0.25, 0.3) is 10.4 Å². The maximum absolute atomic E-state index is 14.3. The van der Waals surface area contributed by atoms with Crippen LogP contribution in [0.3, 0.4) is 0 Å². The number of azide groups is 1. The fourth-order valence-electron chi connectivity index (χ4n) is 2.43. The quantitative estimate of drug-likeness (QED) is 0.336. The number of carbonyl (C=O) groups excluding carboxylic acids is 2. The molecule has 2 unspecified atom stereocenters. The third kappa shape index (κ3) is 4.39. The summed E-state index contributed by atoms with van der Waals surface area (Å²) in [5.41, 5.74) is 7.59. The molecule has 0 aromatic rings. The average molecular weight is 344 g/mol. The van der Waals surface area contributed by atoms with E-state index in [4.69, 9.17) is 15.0 Å². The summed E-state index contributed by atoms with van der Waals surface area (Å²) in [5, 5.41) is 6.13. The molecule has 134 valence electrons. The van der Waals surface area contributed by atoms with Crippen LogP contribution in [-0.2, 0) is 9.47 Å². The van der Waals surface area contributed by atoms with E-state index in [0.717, 1.165) is 4.90 Å². The first-order chi connectivity index (χ1) is 11.2. The number of alkyl halides is 1. The van der Waals surface area contributed by atoms with Gasteiger partial charge in [0.25, 0.3) is 0 Å². The van der Waals surface area contributed by atoms with Gasteiger partial charge in [0.2, 0.25) is 0 Å². The van der Waals surface area contributed by atoms with Crippen molar-refractivity contribution in [2.75, 3.05) is 32.7 Å². The highest BCUT2D eigenvalue weighted by Gasteiger charge is 2.40. The predicted molar refractivity (Wildman–Crippen MR) is 80.4 cm³/mol. The van der Waals surface area contributed by atoms with Crippen molar-refractivity contribution in [1.29, 1.82) is 0 Å². The Hall–Kier alpha value is -2.26. The van der Waals surface area contributed by atoms with Crippen molar-refractivity contribution in [3.05, 3.63) is 10.4 Å². The molecule has 0 radical (unpaired) electrons. The van der Waals surface area contributed by atoms with Crippen molar-refractivity contribution >= 4 is 12.2 Å². The van der Waals surface area contributed by atoms with Gasteiger partial charge in [-0.25, -0.2) is 24.0 Å². The zero-order valence-electron chi connectivity index (χ0n) is 13.9. The zero-order chi connectivity index (χ0) is 17.9. The molecule has 2 amide bonds. The van der Waals surface area contributed by atoms with Crippen LogP contribution in [0.2, 0.25) is 0 Å². The highest BCUT2D eigenvalue weighted by Crippen LogP contribution is 2.21. The molecular formula is C13H21FN6O4. The number of amides is 2. The van der Waals surface area contributed by atoms with Crippen LogP contribution in [0.1, 0.15) is 20.8 Å². The van der Waals surface area contributed by atoms with Gasteiger partial charge in [-0.05, 0) is 26.3 Å². The van der Waals surface area contributed by atoms with Gasteiger partial charge in [0.05, 0.1) is 19.6 Å². The first-order valence-corrected chi connectivity index (χ1v) is 7.59. The summed E-state index contributed by atoms with van der Waals surface area (Å²) in [6, 6.07) is 0. The molecule has 0 saturated carbocycles. The summed E-state index contributed by atoms with van der Waals surface area (Å²) in [7, 11) is 0. The number of carbonyl (C=O) groups is 2. The minimum atomic E-state index is -1.60. The molecule has 0 aromatic heterocycles. The van der Waals surface area contributed by atoms with Gasteiger partial charge in [-0.2, -0.15) is 0 Å². The van der Waals surface area contributed by atoms with Crippen LogP contribution in [0.15, 0.2) is 5.11 Å². The lowest BCUT2D eigenvalue weighted by Gasteiger charge is -2.40. The van der Waals surface area contributed by atoms with E-state index in [9.17, 15) is 14.0 Å². The molecule has 0 aliphatic carbocycles. The fraction of sp³-hybridized carbons (Fsp3) is 0.846. The molecule has 2 rings (SSSR count). The normalized spacial score (nSPS) is 25.2. The lowest BCUT2D eigenvalue weighted by molar-refractivity contribution is -0.0798. The molecule has 0 bridgehead atoms. The number of ether oxygens (including phenoxy) is 2. The molecule has 0 spiro atoms. The van der Waals surface area contributed by atoms with Gasteiger partial charge in [-0.15, -0.1) is 0 Å². The molecule has 11 heteroatoms. The smallest absolute Gasteiger partial charge is 0.424 e. The van der Waals surface area contributed by atoms with E-state index in [1.807, 2.05) is 0 Å². The van der Waals surface area contributed by atoms with E-state index >= 15 is 0 Å². The topological polar surface area (TPSA) is 111 Å². The minimum absolute atomic E-state index is 0.0235. The van der Waals surface area contributed by atoms with Crippen molar-refractivity contribution in [3.8, 4) is 0 Å². The van der Waals surface area contributed by atoms with E-state index in [1.165, 1.54) is 10.0 Å². The molecule has 24 heavy (non-hydrogen) atoms. The lowest BCUT2D eigenvalue weighted by atomic mass is 10.2. The Labute approximate surface area is 138 Å². The number of hydrazine groups is 1. The van der Waals surface area contributed by atoms with Crippen LogP contribution in [-0.4, -0.2) is 77.8 Å². The van der Waals surface area contributed by atoms with Crippen LogP contribution in [0.4, 0.5) is 14.0 Å². The Morgan fingerprint density at radius 1 is 1.46 bits per heavy atom. The van der Waals surface area contributed by atoms with Gasteiger partial charge in [-0.3, -0.25) is 4.90 Å². The average Bonchev–Trinajstić information content (AvgIpc) is 2.84. The van der Waals surface area contributed by atoms with Gasteiger partial charge in [0, 0.05) is 18.0 Å². The third-order valence-corrected chi connectivity index (χ3v) is 3.47. The standard InChI is InChI=1S/C13H21FN6O4/c1-13(2,3)24-11(21)19-5-4-18(8-10(19)14)20-7-9(6-16-17-15)23-12(20)22/h9-10H,4-8H2,1-3H3. The molecule has 2 aliphatic heterocycles. The SMILES string of the molecule is CC(C)(C)OC(=O)N1CCN(N2CC(CN=[N+]=[N-])OC2=O)CC1F. The first-order valence-electron chi connectivity index (χ1n) is 7.59. The van der Waals surface area contributed by atoms with Gasteiger partial charge in [0.15, 0.2) is 6.30 Å². The Morgan fingerprint density at radius 3 is 2.75 bits per heavy atom. The van der Waals surface area contributed by atoms with Gasteiger partial charge >= 0.3 is 12.2 Å². The maximum Gasteiger partial charge on any atom is 0.424 e. The van der Waals surface area contributed by atoms with E-state index in [1.54, 1.807) is 20.8 Å². The number of nitrogens with zero attached hydrogens (tertiary/aromatic N) is 6. The Bertz CT molecular complexity index is 547. The minimum Gasteiger partial charge on any atom is -0.444 e. The second-order valence-corrected chi connectivity index (χ2v) is 6.52. The Kier molecular flexibility index (Phi) is 5.35. The van der Waals surface area contributed by atoms with E-state index in [-0.39, 0.29) is 32.7 Å². The van der Waals surface area contributed by atoms with Gasteiger partial charge < -0.3 is 9.47 Å². The zero-order valence-corrected chi connectivity index (χ0v) is 13.9. The molecule has 2 fully saturated rings. The van der Waals surface area contributed by atoms with Crippen molar-refractivity contribution in [2.45, 2.75) is 38.8 Å². The largest absolute Gasteiger partial charge is 0.444 e. The fourth-order valence-corrected chi connectivity index (χ4v) is 2.43. The van der Waals surface area contributed by atoms with Crippen LogP contribution < -0.4 is 0 Å². The van der Waals surface area contributed by atoms with Crippen molar-refractivity contribution in [1.82, 2.24) is 14.9 Å². The molecule has 2 saturated heterocycles. The van der Waals surface area contributed by atoms with Crippen molar-refractivity contribution < 1.29 is 23.5 Å². The number of hydrogen-bond acceptors (Lipinski definition) is 6. The maximum atomic E-state index is 14.3. The molecule has 0 N–H and O–H groups in total. The van der Waals surface area contributed by atoms with Crippen LogP contribution in [0, 0.1) is 0 Å². The molecule has 10 nitrogen and oxygen atoms in total. The second kappa shape index (κ2) is 7.10. The number of halogens is 1.